The fourth-order valence-electron chi connectivity index (χ4n) is 3.20. The summed E-state index contributed by atoms with van der Waals surface area (Å²) in [5.41, 5.74) is 4.89. The number of methoxy groups -OCH3 is 2. The molecule has 3 rings (SSSR count). The Bertz CT molecular complexity index is 776. The summed E-state index contributed by atoms with van der Waals surface area (Å²) >= 11 is 5.66. The first-order valence-electron chi connectivity index (χ1n) is 8.53. The number of fused-ring (bicyclic) bond motifs is 1. The molecule has 0 amide bonds. The first-order chi connectivity index (χ1) is 12.2. The zero-order valence-corrected chi connectivity index (χ0v) is 15.8. The second-order valence-corrected chi connectivity index (χ2v) is 6.48. The van der Waals surface area contributed by atoms with Crippen molar-refractivity contribution in [2.24, 2.45) is 0 Å². The molecule has 5 heteroatoms. The van der Waals surface area contributed by atoms with Gasteiger partial charge in [0.05, 0.1) is 14.2 Å². The van der Waals surface area contributed by atoms with Gasteiger partial charge in [0.2, 0.25) is 0 Å². The van der Waals surface area contributed by atoms with Crippen molar-refractivity contribution in [3.8, 4) is 11.5 Å². The molecule has 0 atom stereocenters. The summed E-state index contributed by atoms with van der Waals surface area (Å²) in [6.07, 6.45) is 1.92. The smallest absolute Gasteiger partial charge is 0.173 e. The van der Waals surface area contributed by atoms with E-state index in [1.807, 2.05) is 6.07 Å². The van der Waals surface area contributed by atoms with Crippen LogP contribution in [0.4, 0.5) is 5.69 Å². The van der Waals surface area contributed by atoms with Gasteiger partial charge < -0.3 is 19.7 Å². The molecule has 1 N–H and O–H groups in total. The number of nitrogens with zero attached hydrogens (tertiary/aromatic N) is 1. The minimum Gasteiger partial charge on any atom is -0.493 e. The van der Waals surface area contributed by atoms with Crippen LogP contribution < -0.4 is 14.8 Å². The van der Waals surface area contributed by atoms with Gasteiger partial charge in [-0.05, 0) is 59.9 Å². The topological polar surface area (TPSA) is 33.7 Å². The summed E-state index contributed by atoms with van der Waals surface area (Å²) in [5.74, 6) is 1.55. The quantitative estimate of drug-likeness (QED) is 0.837. The number of nitrogens with one attached hydrogen (secondary N) is 1. The Morgan fingerprint density at radius 2 is 1.80 bits per heavy atom. The van der Waals surface area contributed by atoms with Gasteiger partial charge in [-0.3, -0.25) is 0 Å². The van der Waals surface area contributed by atoms with Gasteiger partial charge in [-0.2, -0.15) is 0 Å². The number of aryl methyl sites for hydroxylation is 1. The van der Waals surface area contributed by atoms with Gasteiger partial charge in [-0.1, -0.05) is 25.1 Å². The first kappa shape index (κ1) is 17.5. The molecule has 0 aliphatic carbocycles. The molecule has 2 aromatic carbocycles. The van der Waals surface area contributed by atoms with Crippen LogP contribution in [0.5, 0.6) is 11.5 Å². The van der Waals surface area contributed by atoms with E-state index in [0.717, 1.165) is 48.2 Å². The minimum atomic E-state index is 0.762. The highest BCUT2D eigenvalue weighted by atomic mass is 32.1. The lowest BCUT2D eigenvalue weighted by Gasteiger charge is -2.32. The van der Waals surface area contributed by atoms with Crippen LogP contribution >= 0.6 is 12.2 Å². The first-order valence-corrected chi connectivity index (χ1v) is 8.94. The summed E-state index contributed by atoms with van der Waals surface area (Å²) in [5, 5.41) is 4.18. The minimum absolute atomic E-state index is 0.762. The molecule has 0 aromatic heterocycles. The van der Waals surface area contributed by atoms with E-state index in [9.17, 15) is 0 Å². The van der Waals surface area contributed by atoms with Gasteiger partial charge in [0, 0.05) is 18.8 Å². The molecular weight excluding hydrogens is 332 g/mol. The Morgan fingerprint density at radius 1 is 1.12 bits per heavy atom. The molecule has 132 valence electrons. The Balaban J connectivity index is 1.77. The predicted octanol–water partition coefficient (Wildman–Crippen LogP) is 4.02. The van der Waals surface area contributed by atoms with E-state index in [-0.39, 0.29) is 0 Å². The monoisotopic (exact) mass is 356 g/mol. The number of anilines is 1. The highest BCUT2D eigenvalue weighted by Crippen LogP contribution is 2.33. The Hall–Kier alpha value is -2.27. The Labute approximate surface area is 154 Å². The van der Waals surface area contributed by atoms with E-state index < -0.39 is 0 Å². The zero-order valence-electron chi connectivity index (χ0n) is 15.0. The molecular formula is C20H24N2O2S. The van der Waals surface area contributed by atoms with Crippen LogP contribution in [0.3, 0.4) is 0 Å². The number of rotatable bonds is 4. The molecule has 0 fully saturated rings. The lowest BCUT2D eigenvalue weighted by atomic mass is 9.99. The van der Waals surface area contributed by atoms with Crippen molar-refractivity contribution < 1.29 is 9.47 Å². The van der Waals surface area contributed by atoms with Crippen molar-refractivity contribution >= 4 is 23.0 Å². The average Bonchev–Trinajstić information content (AvgIpc) is 2.66. The number of thiocarbonyl (C=S) groups is 1. The molecule has 25 heavy (non-hydrogen) atoms. The van der Waals surface area contributed by atoms with Crippen LogP contribution in [0.1, 0.15) is 23.6 Å². The van der Waals surface area contributed by atoms with E-state index in [1.54, 1.807) is 14.2 Å². The van der Waals surface area contributed by atoms with Crippen LogP contribution in [-0.4, -0.2) is 30.8 Å². The third-order valence-electron chi connectivity index (χ3n) is 4.65. The summed E-state index contributed by atoms with van der Waals surface area (Å²) in [4.78, 5) is 2.20. The van der Waals surface area contributed by atoms with Crippen LogP contribution in [-0.2, 0) is 19.4 Å². The number of para-hydroxylation sites is 1. The molecule has 0 saturated heterocycles. The summed E-state index contributed by atoms with van der Waals surface area (Å²) in [6.45, 7) is 3.82. The number of ether oxygens (including phenoxy) is 2. The van der Waals surface area contributed by atoms with Crippen molar-refractivity contribution in [2.45, 2.75) is 26.3 Å². The zero-order chi connectivity index (χ0) is 17.8. The Morgan fingerprint density at radius 3 is 2.48 bits per heavy atom. The van der Waals surface area contributed by atoms with Crippen LogP contribution in [0.25, 0.3) is 0 Å². The summed E-state index contributed by atoms with van der Waals surface area (Å²) in [7, 11) is 3.34. The molecule has 0 bridgehead atoms. The highest BCUT2D eigenvalue weighted by Gasteiger charge is 2.21. The molecule has 0 spiro atoms. The molecule has 2 aromatic rings. The largest absolute Gasteiger partial charge is 0.493 e. The van der Waals surface area contributed by atoms with E-state index in [2.05, 4.69) is 47.5 Å². The summed E-state index contributed by atoms with van der Waals surface area (Å²) in [6, 6.07) is 12.4. The molecule has 4 nitrogen and oxygen atoms in total. The molecule has 0 unspecified atom stereocenters. The second-order valence-electron chi connectivity index (χ2n) is 6.09. The molecule has 1 aliphatic rings. The van der Waals surface area contributed by atoms with Gasteiger partial charge in [-0.25, -0.2) is 0 Å². The number of hydrogen-bond acceptors (Lipinski definition) is 3. The van der Waals surface area contributed by atoms with Crippen molar-refractivity contribution in [1.82, 2.24) is 4.90 Å². The molecule has 1 heterocycles. The molecule has 0 radical (unpaired) electrons. The van der Waals surface area contributed by atoms with E-state index in [1.165, 1.54) is 16.7 Å². The highest BCUT2D eigenvalue weighted by molar-refractivity contribution is 7.80. The van der Waals surface area contributed by atoms with Gasteiger partial charge in [-0.15, -0.1) is 0 Å². The van der Waals surface area contributed by atoms with Crippen molar-refractivity contribution in [3.05, 3.63) is 53.1 Å². The third kappa shape index (κ3) is 3.71. The number of hydrogen-bond donors (Lipinski definition) is 1. The van der Waals surface area contributed by atoms with E-state index >= 15 is 0 Å². The standard InChI is InChI=1S/C20H24N2O2S/c1-4-14-7-5-6-8-17(14)21-20(25)22-10-9-15-11-18(23-2)19(24-3)12-16(15)13-22/h5-8,11-12H,4,9-10,13H2,1-3H3,(H,21,25). The SMILES string of the molecule is CCc1ccccc1NC(=S)N1CCc2cc(OC)c(OC)cc2C1. The van der Waals surface area contributed by atoms with Gasteiger partial charge in [0.15, 0.2) is 16.6 Å². The fourth-order valence-corrected chi connectivity index (χ4v) is 3.47. The Kier molecular flexibility index (Phi) is 5.43. The van der Waals surface area contributed by atoms with Crippen LogP contribution in [0, 0.1) is 0 Å². The predicted molar refractivity (Wildman–Crippen MR) is 106 cm³/mol. The van der Waals surface area contributed by atoms with Crippen molar-refractivity contribution in [1.29, 1.82) is 0 Å². The normalized spacial score (nSPS) is 13.2. The maximum Gasteiger partial charge on any atom is 0.173 e. The van der Waals surface area contributed by atoms with Crippen molar-refractivity contribution in [2.75, 3.05) is 26.1 Å². The lowest BCUT2D eigenvalue weighted by molar-refractivity contribution is 0.348. The fraction of sp³-hybridized carbons (Fsp3) is 0.350. The van der Waals surface area contributed by atoms with Gasteiger partial charge >= 0.3 is 0 Å². The van der Waals surface area contributed by atoms with Gasteiger partial charge in [0.25, 0.3) is 0 Å². The second kappa shape index (κ2) is 7.74. The molecule has 1 aliphatic heterocycles. The maximum atomic E-state index is 5.66. The lowest BCUT2D eigenvalue weighted by Crippen LogP contribution is -2.38. The van der Waals surface area contributed by atoms with Crippen molar-refractivity contribution in [3.63, 3.8) is 0 Å². The molecule has 0 saturated carbocycles. The number of benzene rings is 2. The van der Waals surface area contributed by atoms with Crippen LogP contribution in [0.2, 0.25) is 0 Å². The van der Waals surface area contributed by atoms with E-state index in [0.29, 0.717) is 0 Å². The maximum absolute atomic E-state index is 5.66. The third-order valence-corrected chi connectivity index (χ3v) is 5.01. The van der Waals surface area contributed by atoms with Crippen LogP contribution in [0.15, 0.2) is 36.4 Å². The van der Waals surface area contributed by atoms with E-state index in [4.69, 9.17) is 21.7 Å². The van der Waals surface area contributed by atoms with Gasteiger partial charge in [0.1, 0.15) is 0 Å². The average molecular weight is 356 g/mol. The summed E-state index contributed by atoms with van der Waals surface area (Å²) < 4.78 is 10.8.